The molecule has 0 aliphatic heterocycles. The molecule has 0 spiro atoms. The van der Waals surface area contributed by atoms with E-state index in [-0.39, 0.29) is 12.5 Å². The SMILES string of the molecule is CCCCCC/C=C/C(O)C(CO)NC(=O)CCCCCCCCCCCCCCCCCCCC/C=C\C/C=C\C/C=C\CCCCCCC. The van der Waals surface area contributed by atoms with E-state index in [1.165, 1.54) is 167 Å². The van der Waals surface area contributed by atoms with E-state index in [0.717, 1.165) is 38.5 Å². The van der Waals surface area contributed by atoms with Crippen molar-refractivity contribution < 1.29 is 15.0 Å². The molecule has 0 aromatic heterocycles. The van der Waals surface area contributed by atoms with Gasteiger partial charge in [0.15, 0.2) is 0 Å². The standard InChI is InChI=1S/C47H87NO3/c1-3-5-7-9-11-12-13-14-15-16-17-18-19-20-21-22-23-24-25-26-27-28-29-30-31-32-33-34-35-36-37-39-41-43-47(51)48-45(44-49)46(50)42-40-38-10-8-6-4-2/h13-14,16-17,19-20,40,42,45-46,49-50H,3-12,15,18,21-39,41,43-44H2,1-2H3,(H,48,51)/b14-13-,17-16-,20-19-,42-40+. The van der Waals surface area contributed by atoms with Crippen molar-refractivity contribution in [3.05, 3.63) is 48.6 Å². The summed E-state index contributed by atoms with van der Waals surface area (Å²) in [5, 5.41) is 22.7. The minimum absolute atomic E-state index is 0.0694. The van der Waals surface area contributed by atoms with Crippen LogP contribution in [-0.4, -0.2) is 34.9 Å². The normalized spacial score (nSPS) is 13.4. The van der Waals surface area contributed by atoms with Crippen molar-refractivity contribution in [2.45, 2.75) is 238 Å². The monoisotopic (exact) mass is 714 g/mol. The molecular formula is C47H87NO3. The minimum Gasteiger partial charge on any atom is -0.394 e. The molecule has 4 heteroatoms. The molecule has 0 fully saturated rings. The van der Waals surface area contributed by atoms with Gasteiger partial charge in [-0.2, -0.15) is 0 Å². The Morgan fingerprint density at radius 3 is 1.22 bits per heavy atom. The lowest BCUT2D eigenvalue weighted by Crippen LogP contribution is -2.45. The van der Waals surface area contributed by atoms with Crippen LogP contribution in [0.3, 0.4) is 0 Å². The summed E-state index contributed by atoms with van der Waals surface area (Å²) in [6.45, 7) is 4.22. The fraction of sp³-hybridized carbons (Fsp3) is 0.809. The molecule has 3 N–H and O–H groups in total. The fourth-order valence-electron chi connectivity index (χ4n) is 6.60. The van der Waals surface area contributed by atoms with Gasteiger partial charge in [-0.3, -0.25) is 4.79 Å². The van der Waals surface area contributed by atoms with Crippen molar-refractivity contribution >= 4 is 5.91 Å². The third-order valence-electron chi connectivity index (χ3n) is 10.1. The number of aliphatic hydroxyl groups excluding tert-OH is 2. The molecule has 1 amide bonds. The van der Waals surface area contributed by atoms with E-state index in [0.29, 0.717) is 6.42 Å². The number of hydrogen-bond donors (Lipinski definition) is 3. The molecular weight excluding hydrogens is 627 g/mol. The predicted molar refractivity (Wildman–Crippen MR) is 225 cm³/mol. The first kappa shape index (κ1) is 49.4. The number of amides is 1. The molecule has 0 saturated carbocycles. The second-order valence-corrected chi connectivity index (χ2v) is 15.1. The molecule has 0 aliphatic carbocycles. The minimum atomic E-state index is -0.834. The van der Waals surface area contributed by atoms with E-state index < -0.39 is 12.1 Å². The van der Waals surface area contributed by atoms with Gasteiger partial charge < -0.3 is 15.5 Å². The number of rotatable bonds is 40. The van der Waals surface area contributed by atoms with Crippen molar-refractivity contribution in [1.82, 2.24) is 5.32 Å². The summed E-state index contributed by atoms with van der Waals surface area (Å²) in [5.74, 6) is -0.0694. The Kier molecular flexibility index (Phi) is 41.4. The van der Waals surface area contributed by atoms with Crippen LogP contribution < -0.4 is 5.32 Å². The summed E-state index contributed by atoms with van der Waals surface area (Å²) in [5.41, 5.74) is 0. The van der Waals surface area contributed by atoms with Crippen LogP contribution in [0.4, 0.5) is 0 Å². The first-order valence-electron chi connectivity index (χ1n) is 22.4. The van der Waals surface area contributed by atoms with Gasteiger partial charge in [-0.25, -0.2) is 0 Å². The zero-order valence-electron chi connectivity index (χ0n) is 34.1. The van der Waals surface area contributed by atoms with Gasteiger partial charge in [0.05, 0.1) is 18.8 Å². The third-order valence-corrected chi connectivity index (χ3v) is 10.1. The molecule has 0 bridgehead atoms. The molecule has 0 aliphatic rings. The van der Waals surface area contributed by atoms with Gasteiger partial charge in [0, 0.05) is 6.42 Å². The van der Waals surface area contributed by atoms with Crippen LogP contribution in [0.5, 0.6) is 0 Å². The highest BCUT2D eigenvalue weighted by Gasteiger charge is 2.17. The van der Waals surface area contributed by atoms with E-state index in [4.69, 9.17) is 0 Å². The highest BCUT2D eigenvalue weighted by molar-refractivity contribution is 5.76. The Labute approximate surface area is 318 Å². The summed E-state index contributed by atoms with van der Waals surface area (Å²) in [4.78, 5) is 12.3. The Bertz CT molecular complexity index is 816. The molecule has 4 nitrogen and oxygen atoms in total. The number of carbonyl (C=O) groups is 1. The van der Waals surface area contributed by atoms with Gasteiger partial charge >= 0.3 is 0 Å². The van der Waals surface area contributed by atoms with Crippen LogP contribution in [0.1, 0.15) is 226 Å². The number of aliphatic hydroxyl groups is 2. The summed E-state index contributed by atoms with van der Waals surface area (Å²) in [6.07, 6.45) is 58.3. The molecule has 0 saturated heterocycles. The molecule has 2 atom stereocenters. The molecule has 0 rings (SSSR count). The second-order valence-electron chi connectivity index (χ2n) is 15.1. The predicted octanol–water partition coefficient (Wildman–Crippen LogP) is 14.0. The molecule has 298 valence electrons. The number of carbonyl (C=O) groups excluding carboxylic acids is 1. The maximum absolute atomic E-state index is 12.3. The summed E-state index contributed by atoms with van der Waals surface area (Å²) < 4.78 is 0. The smallest absolute Gasteiger partial charge is 0.220 e. The van der Waals surface area contributed by atoms with Crippen molar-refractivity contribution in [2.24, 2.45) is 0 Å². The maximum atomic E-state index is 12.3. The van der Waals surface area contributed by atoms with Crippen LogP contribution in [0.2, 0.25) is 0 Å². The number of nitrogens with one attached hydrogen (secondary N) is 1. The maximum Gasteiger partial charge on any atom is 0.220 e. The number of allylic oxidation sites excluding steroid dienone is 7. The molecule has 0 heterocycles. The van der Waals surface area contributed by atoms with Gasteiger partial charge in [-0.15, -0.1) is 0 Å². The third kappa shape index (κ3) is 39.4. The van der Waals surface area contributed by atoms with Crippen molar-refractivity contribution in [3.63, 3.8) is 0 Å². The van der Waals surface area contributed by atoms with Gasteiger partial charge in [-0.1, -0.05) is 210 Å². The molecule has 51 heavy (non-hydrogen) atoms. The van der Waals surface area contributed by atoms with Crippen LogP contribution in [0.15, 0.2) is 48.6 Å². The van der Waals surface area contributed by atoms with Gasteiger partial charge in [0.2, 0.25) is 5.91 Å². The van der Waals surface area contributed by atoms with Crippen molar-refractivity contribution in [3.8, 4) is 0 Å². The Balaban J connectivity index is 3.40. The molecule has 2 unspecified atom stereocenters. The average molecular weight is 714 g/mol. The van der Waals surface area contributed by atoms with E-state index in [9.17, 15) is 15.0 Å². The first-order chi connectivity index (χ1) is 25.2. The van der Waals surface area contributed by atoms with E-state index in [1.807, 2.05) is 6.08 Å². The van der Waals surface area contributed by atoms with E-state index in [2.05, 4.69) is 55.6 Å². The largest absolute Gasteiger partial charge is 0.394 e. The Hall–Kier alpha value is -1.65. The second kappa shape index (κ2) is 42.8. The lowest BCUT2D eigenvalue weighted by atomic mass is 10.0. The molecule has 0 radical (unpaired) electrons. The molecule has 0 aromatic carbocycles. The fourth-order valence-corrected chi connectivity index (χ4v) is 6.60. The van der Waals surface area contributed by atoms with Gasteiger partial charge in [0.1, 0.15) is 0 Å². The lowest BCUT2D eigenvalue weighted by Gasteiger charge is -2.20. The lowest BCUT2D eigenvalue weighted by molar-refractivity contribution is -0.123. The summed E-state index contributed by atoms with van der Waals surface area (Å²) >= 11 is 0. The number of unbranched alkanes of at least 4 members (excludes halogenated alkanes) is 27. The quantitative estimate of drug-likeness (QED) is 0.0437. The Morgan fingerprint density at radius 1 is 0.471 bits per heavy atom. The van der Waals surface area contributed by atoms with Crippen LogP contribution in [0.25, 0.3) is 0 Å². The Morgan fingerprint density at radius 2 is 0.804 bits per heavy atom. The summed E-state index contributed by atoms with van der Waals surface area (Å²) in [6, 6.07) is -0.617. The topological polar surface area (TPSA) is 69.6 Å². The van der Waals surface area contributed by atoms with Gasteiger partial charge in [-0.05, 0) is 57.8 Å². The van der Waals surface area contributed by atoms with Crippen molar-refractivity contribution in [2.75, 3.05) is 6.61 Å². The van der Waals surface area contributed by atoms with E-state index >= 15 is 0 Å². The van der Waals surface area contributed by atoms with Gasteiger partial charge in [0.25, 0.3) is 0 Å². The average Bonchev–Trinajstić information content (AvgIpc) is 3.13. The highest BCUT2D eigenvalue weighted by Crippen LogP contribution is 2.15. The van der Waals surface area contributed by atoms with E-state index in [1.54, 1.807) is 6.08 Å². The zero-order valence-corrected chi connectivity index (χ0v) is 34.1. The first-order valence-corrected chi connectivity index (χ1v) is 22.4. The highest BCUT2D eigenvalue weighted by atomic mass is 16.3. The number of hydrogen-bond acceptors (Lipinski definition) is 3. The van der Waals surface area contributed by atoms with Crippen LogP contribution in [0, 0.1) is 0 Å². The van der Waals surface area contributed by atoms with Crippen LogP contribution in [-0.2, 0) is 4.79 Å². The van der Waals surface area contributed by atoms with Crippen molar-refractivity contribution in [1.29, 1.82) is 0 Å². The summed E-state index contributed by atoms with van der Waals surface area (Å²) in [7, 11) is 0. The van der Waals surface area contributed by atoms with Crippen LogP contribution >= 0.6 is 0 Å². The molecule has 0 aromatic rings. The zero-order chi connectivity index (χ0) is 37.1.